The number of benzene rings is 1. The molecule has 5 heteroatoms. The van der Waals surface area contributed by atoms with Crippen LogP contribution in [0.5, 0.6) is 0 Å². The second kappa shape index (κ2) is 8.87. The first-order chi connectivity index (χ1) is 12.2. The van der Waals surface area contributed by atoms with Crippen molar-refractivity contribution in [1.29, 1.82) is 0 Å². The van der Waals surface area contributed by atoms with Crippen molar-refractivity contribution < 1.29 is 14.6 Å². The van der Waals surface area contributed by atoms with Crippen molar-refractivity contribution in [3.8, 4) is 0 Å². The van der Waals surface area contributed by atoms with E-state index in [0.717, 1.165) is 25.1 Å². The number of aliphatic hydroxyl groups is 1. The Kier molecular flexibility index (Phi) is 7.07. The summed E-state index contributed by atoms with van der Waals surface area (Å²) in [6.07, 6.45) is 1.30. The Labute approximate surface area is 157 Å². The Morgan fingerprint density at radius 2 is 2.00 bits per heavy atom. The predicted octanol–water partition coefficient (Wildman–Crippen LogP) is 3.69. The molecule has 3 atom stereocenters. The van der Waals surface area contributed by atoms with Gasteiger partial charge in [0.15, 0.2) is 0 Å². The minimum atomic E-state index is -0.538. The zero-order valence-corrected chi connectivity index (χ0v) is 16.8. The lowest BCUT2D eigenvalue weighted by Gasteiger charge is -2.45. The quantitative estimate of drug-likeness (QED) is 0.868. The summed E-state index contributed by atoms with van der Waals surface area (Å²) in [5, 5.41) is 9.53. The smallest absolute Gasteiger partial charge is 0.411 e. The summed E-state index contributed by atoms with van der Waals surface area (Å²) in [6.45, 7) is 9.71. The highest BCUT2D eigenvalue weighted by atomic mass is 16.6. The number of ether oxygens (including phenoxy) is 1. The summed E-state index contributed by atoms with van der Waals surface area (Å²) in [5.74, 6) is 0.234. The summed E-state index contributed by atoms with van der Waals surface area (Å²) in [7, 11) is 2.10. The topological polar surface area (TPSA) is 53.0 Å². The maximum absolute atomic E-state index is 13.1. The number of hydrogen-bond donors (Lipinski definition) is 1. The number of likely N-dealkylation sites (tertiary alicyclic amines) is 1. The van der Waals surface area contributed by atoms with Gasteiger partial charge in [0.2, 0.25) is 0 Å². The van der Waals surface area contributed by atoms with Crippen molar-refractivity contribution in [1.82, 2.24) is 9.80 Å². The van der Waals surface area contributed by atoms with Gasteiger partial charge in [-0.05, 0) is 65.6 Å². The summed E-state index contributed by atoms with van der Waals surface area (Å²) in [6, 6.07) is 10.1. The second-order valence-corrected chi connectivity index (χ2v) is 8.36. The third-order valence-corrected chi connectivity index (χ3v) is 5.06. The number of carbonyl (C=O) groups excluding carboxylic acids is 1. The molecule has 1 aromatic rings. The second-order valence-electron chi connectivity index (χ2n) is 8.36. The van der Waals surface area contributed by atoms with Gasteiger partial charge in [-0.3, -0.25) is 4.90 Å². The van der Waals surface area contributed by atoms with Gasteiger partial charge in [0.25, 0.3) is 0 Å². The maximum atomic E-state index is 13.1. The molecule has 0 unspecified atom stereocenters. The number of hydrogen-bond acceptors (Lipinski definition) is 4. The molecule has 146 valence electrons. The Hall–Kier alpha value is -1.59. The number of amides is 1. The highest BCUT2D eigenvalue weighted by Gasteiger charge is 2.39. The van der Waals surface area contributed by atoms with Gasteiger partial charge in [-0.1, -0.05) is 30.3 Å². The van der Waals surface area contributed by atoms with E-state index in [0.29, 0.717) is 6.42 Å². The van der Waals surface area contributed by atoms with Crippen LogP contribution in [0.25, 0.3) is 0 Å². The lowest BCUT2D eigenvalue weighted by molar-refractivity contribution is -0.0171. The number of nitrogens with zero attached hydrogens (tertiary/aromatic N) is 2. The van der Waals surface area contributed by atoms with Crippen molar-refractivity contribution >= 4 is 6.09 Å². The van der Waals surface area contributed by atoms with E-state index < -0.39 is 5.60 Å². The van der Waals surface area contributed by atoms with Crippen LogP contribution < -0.4 is 0 Å². The summed E-state index contributed by atoms with van der Waals surface area (Å²) in [5.41, 5.74) is 0.559. The van der Waals surface area contributed by atoms with E-state index in [1.165, 1.54) is 0 Å². The first kappa shape index (κ1) is 20.7. The van der Waals surface area contributed by atoms with Gasteiger partial charge in [0.05, 0.1) is 6.04 Å². The van der Waals surface area contributed by atoms with Crippen molar-refractivity contribution in [2.75, 3.05) is 26.7 Å². The Morgan fingerprint density at radius 1 is 1.35 bits per heavy atom. The van der Waals surface area contributed by atoms with Crippen molar-refractivity contribution in [3.05, 3.63) is 35.9 Å². The van der Waals surface area contributed by atoms with Crippen LogP contribution in [0.4, 0.5) is 4.79 Å². The molecule has 0 radical (unpaired) electrons. The molecule has 26 heavy (non-hydrogen) atoms. The van der Waals surface area contributed by atoms with Crippen LogP contribution in [-0.4, -0.2) is 59.4 Å². The van der Waals surface area contributed by atoms with Crippen LogP contribution in [0.2, 0.25) is 0 Å². The molecule has 1 aromatic carbocycles. The van der Waals surface area contributed by atoms with Gasteiger partial charge in [0.1, 0.15) is 5.60 Å². The van der Waals surface area contributed by atoms with Gasteiger partial charge >= 0.3 is 6.09 Å². The van der Waals surface area contributed by atoms with Crippen molar-refractivity contribution in [3.63, 3.8) is 0 Å². The third-order valence-electron chi connectivity index (χ3n) is 5.06. The van der Waals surface area contributed by atoms with Crippen LogP contribution in [0.3, 0.4) is 0 Å². The molecule has 1 saturated heterocycles. The monoisotopic (exact) mass is 362 g/mol. The molecular formula is C21H34N2O3. The molecule has 1 N–H and O–H groups in total. The van der Waals surface area contributed by atoms with Crippen LogP contribution in [0.1, 0.15) is 52.1 Å². The average Bonchev–Trinajstić information content (AvgIpc) is 2.56. The molecule has 5 nitrogen and oxygen atoms in total. The zero-order chi connectivity index (χ0) is 19.3. The molecule has 1 heterocycles. The number of piperidine rings is 1. The molecule has 1 aliphatic heterocycles. The van der Waals surface area contributed by atoms with E-state index in [1.807, 2.05) is 43.9 Å². The summed E-state index contributed by atoms with van der Waals surface area (Å²) in [4.78, 5) is 17.3. The summed E-state index contributed by atoms with van der Waals surface area (Å²) < 4.78 is 5.76. The van der Waals surface area contributed by atoms with Crippen molar-refractivity contribution in [2.45, 2.75) is 58.2 Å². The third kappa shape index (κ3) is 5.45. The fourth-order valence-corrected chi connectivity index (χ4v) is 3.80. The fraction of sp³-hybridized carbons (Fsp3) is 0.667. The Morgan fingerprint density at radius 3 is 2.58 bits per heavy atom. The minimum Gasteiger partial charge on any atom is -0.444 e. The average molecular weight is 363 g/mol. The standard InChI is InChI=1S/C21H34N2O3/c1-16(17-9-7-6-8-10-17)23(20(25)26-21(2,3)4)19-11-13-22(5)15-18(19)12-14-24/h6-10,16,18-19,24H,11-15H2,1-5H3/t16-,18+,19+/m1/s1. The van der Waals surface area contributed by atoms with Gasteiger partial charge in [-0.2, -0.15) is 0 Å². The van der Waals surface area contributed by atoms with E-state index in [-0.39, 0.29) is 30.7 Å². The molecule has 2 rings (SSSR count). The molecular weight excluding hydrogens is 328 g/mol. The molecule has 0 saturated carbocycles. The van der Waals surface area contributed by atoms with Gasteiger partial charge in [0, 0.05) is 19.2 Å². The van der Waals surface area contributed by atoms with Crippen LogP contribution in [-0.2, 0) is 4.74 Å². The minimum absolute atomic E-state index is 0.0587. The SMILES string of the molecule is C[C@H](c1ccccc1)N(C(=O)OC(C)(C)C)[C@H]1CCN(C)C[C@@H]1CCO. The number of carbonyl (C=O) groups is 1. The molecule has 1 fully saturated rings. The lowest BCUT2D eigenvalue weighted by atomic mass is 9.87. The molecule has 1 amide bonds. The fourth-order valence-electron chi connectivity index (χ4n) is 3.80. The number of rotatable bonds is 5. The van der Waals surface area contributed by atoms with Gasteiger partial charge in [-0.15, -0.1) is 0 Å². The summed E-state index contributed by atoms with van der Waals surface area (Å²) >= 11 is 0. The normalized spacial score (nSPS) is 22.7. The molecule has 1 aliphatic rings. The lowest BCUT2D eigenvalue weighted by Crippen LogP contribution is -2.54. The molecule has 0 spiro atoms. The van der Waals surface area contributed by atoms with Crippen LogP contribution in [0, 0.1) is 5.92 Å². The highest BCUT2D eigenvalue weighted by molar-refractivity contribution is 5.69. The zero-order valence-electron chi connectivity index (χ0n) is 16.8. The number of aliphatic hydroxyl groups excluding tert-OH is 1. The Balaban J connectivity index is 2.33. The van der Waals surface area contributed by atoms with Gasteiger partial charge < -0.3 is 14.7 Å². The van der Waals surface area contributed by atoms with Crippen LogP contribution in [0.15, 0.2) is 30.3 Å². The molecule has 0 aromatic heterocycles. The predicted molar refractivity (Wildman–Crippen MR) is 104 cm³/mol. The van der Waals surface area contributed by atoms with Crippen LogP contribution >= 0.6 is 0 Å². The Bertz CT molecular complexity index is 570. The highest BCUT2D eigenvalue weighted by Crippen LogP contribution is 2.33. The van der Waals surface area contributed by atoms with Gasteiger partial charge in [-0.25, -0.2) is 4.79 Å². The van der Waals surface area contributed by atoms with E-state index in [2.05, 4.69) is 31.0 Å². The van der Waals surface area contributed by atoms with Crippen molar-refractivity contribution in [2.24, 2.45) is 5.92 Å². The largest absolute Gasteiger partial charge is 0.444 e. The first-order valence-corrected chi connectivity index (χ1v) is 9.58. The first-order valence-electron chi connectivity index (χ1n) is 9.58. The maximum Gasteiger partial charge on any atom is 0.411 e. The van der Waals surface area contributed by atoms with E-state index >= 15 is 0 Å². The van der Waals surface area contributed by atoms with E-state index in [4.69, 9.17) is 4.74 Å². The van der Waals surface area contributed by atoms with E-state index in [1.54, 1.807) is 0 Å². The van der Waals surface area contributed by atoms with E-state index in [9.17, 15) is 9.90 Å². The molecule has 0 bridgehead atoms. The molecule has 0 aliphatic carbocycles.